The minimum absolute atomic E-state index is 0.207. The van der Waals surface area contributed by atoms with Crippen molar-refractivity contribution in [2.45, 2.75) is 38.1 Å². The highest BCUT2D eigenvalue weighted by Gasteiger charge is 2.27. The molecule has 4 rings (SSSR count). The number of carbonyl (C=O) groups excluding carboxylic acids is 1. The molecular formula is C21H21N5O3S. The Hall–Kier alpha value is -3.20. The monoisotopic (exact) mass is 423 g/mol. The fourth-order valence-electron chi connectivity index (χ4n) is 3.52. The van der Waals surface area contributed by atoms with Crippen LogP contribution in [-0.2, 0) is 17.8 Å². The summed E-state index contributed by atoms with van der Waals surface area (Å²) in [5.74, 6) is -0.207. The number of benzene rings is 1. The van der Waals surface area contributed by atoms with Crippen LogP contribution in [-0.4, -0.2) is 30.4 Å². The van der Waals surface area contributed by atoms with Crippen LogP contribution in [0.5, 0.6) is 0 Å². The number of rotatable bonds is 5. The highest BCUT2D eigenvalue weighted by molar-refractivity contribution is 8.15. The normalized spacial score (nSPS) is 16.4. The molecule has 1 atom stereocenters. The predicted molar refractivity (Wildman–Crippen MR) is 118 cm³/mol. The van der Waals surface area contributed by atoms with Gasteiger partial charge in [0, 0.05) is 12.2 Å². The van der Waals surface area contributed by atoms with Crippen LogP contribution in [0.3, 0.4) is 0 Å². The van der Waals surface area contributed by atoms with Crippen molar-refractivity contribution in [1.82, 2.24) is 14.1 Å². The predicted octanol–water partition coefficient (Wildman–Crippen LogP) is 1.69. The lowest BCUT2D eigenvalue weighted by Gasteiger charge is -2.15. The van der Waals surface area contributed by atoms with Gasteiger partial charge in [-0.25, -0.2) is 9.78 Å². The summed E-state index contributed by atoms with van der Waals surface area (Å²) in [5, 5.41) is 0.429. The van der Waals surface area contributed by atoms with Crippen LogP contribution >= 0.6 is 11.8 Å². The van der Waals surface area contributed by atoms with Crippen molar-refractivity contribution in [3.05, 3.63) is 74.6 Å². The first kappa shape index (κ1) is 20.1. The zero-order valence-corrected chi connectivity index (χ0v) is 17.4. The molecule has 0 saturated heterocycles. The maximum Gasteiger partial charge on any atom is 0.333 e. The standard InChI is InChI=1S/C21H21N5O3S/c1-12(2)26-19(28)15-4-3-9-23-17(15)25(21(26)29)11-14-7-5-13(6-8-14)10-16-18(27)24-20(22)30-16/h3-9,12,16H,10-11H2,1-2H3,(H2,22,24,27). The second-order valence-electron chi connectivity index (χ2n) is 7.43. The van der Waals surface area contributed by atoms with Gasteiger partial charge in [-0.1, -0.05) is 36.0 Å². The minimum atomic E-state index is -0.383. The average molecular weight is 423 g/mol. The number of hydrogen-bond donors (Lipinski definition) is 1. The van der Waals surface area contributed by atoms with E-state index in [1.165, 1.54) is 20.9 Å². The molecule has 1 aliphatic rings. The largest absolute Gasteiger partial charge is 0.378 e. The van der Waals surface area contributed by atoms with Crippen molar-refractivity contribution in [1.29, 1.82) is 0 Å². The summed E-state index contributed by atoms with van der Waals surface area (Å²) in [7, 11) is 0. The van der Waals surface area contributed by atoms with E-state index in [9.17, 15) is 14.4 Å². The lowest BCUT2D eigenvalue weighted by molar-refractivity contribution is -0.117. The van der Waals surface area contributed by atoms with Gasteiger partial charge >= 0.3 is 5.69 Å². The molecule has 0 bridgehead atoms. The summed E-state index contributed by atoms with van der Waals surface area (Å²) in [6, 6.07) is 10.8. The number of nitrogens with zero attached hydrogens (tertiary/aromatic N) is 4. The van der Waals surface area contributed by atoms with E-state index in [0.717, 1.165) is 11.1 Å². The van der Waals surface area contributed by atoms with Crippen molar-refractivity contribution in [2.75, 3.05) is 0 Å². The van der Waals surface area contributed by atoms with Crippen LogP contribution in [0.25, 0.3) is 11.0 Å². The molecule has 1 aliphatic heterocycles. The molecule has 0 spiro atoms. The summed E-state index contributed by atoms with van der Waals surface area (Å²) >= 11 is 1.28. The van der Waals surface area contributed by atoms with E-state index in [2.05, 4.69) is 9.98 Å². The summed E-state index contributed by atoms with van der Waals surface area (Å²) in [4.78, 5) is 45.6. The molecule has 0 fully saturated rings. The van der Waals surface area contributed by atoms with Gasteiger partial charge in [-0.15, -0.1) is 0 Å². The van der Waals surface area contributed by atoms with Gasteiger partial charge in [0.25, 0.3) is 11.5 Å². The Balaban J connectivity index is 1.66. The number of aromatic nitrogens is 3. The summed E-state index contributed by atoms with van der Waals surface area (Å²) < 4.78 is 2.78. The molecule has 8 nitrogen and oxygen atoms in total. The molecule has 154 valence electrons. The van der Waals surface area contributed by atoms with E-state index in [-0.39, 0.29) is 35.0 Å². The lowest BCUT2D eigenvalue weighted by atomic mass is 10.1. The van der Waals surface area contributed by atoms with Gasteiger partial charge in [-0.05, 0) is 43.5 Å². The van der Waals surface area contributed by atoms with Crippen LogP contribution in [0, 0.1) is 0 Å². The molecular weight excluding hydrogens is 402 g/mol. The molecule has 2 N–H and O–H groups in total. The van der Waals surface area contributed by atoms with E-state index >= 15 is 0 Å². The van der Waals surface area contributed by atoms with Gasteiger partial charge in [0.15, 0.2) is 5.17 Å². The molecule has 0 saturated carbocycles. The van der Waals surface area contributed by atoms with E-state index in [1.807, 2.05) is 38.1 Å². The van der Waals surface area contributed by atoms with Crippen molar-refractivity contribution < 1.29 is 4.79 Å². The van der Waals surface area contributed by atoms with Crippen LogP contribution in [0.4, 0.5) is 0 Å². The highest BCUT2D eigenvalue weighted by Crippen LogP contribution is 2.24. The number of hydrogen-bond acceptors (Lipinski definition) is 6. The zero-order valence-electron chi connectivity index (χ0n) is 16.6. The van der Waals surface area contributed by atoms with Gasteiger partial charge in [0.1, 0.15) is 5.65 Å². The van der Waals surface area contributed by atoms with Gasteiger partial charge in [-0.3, -0.25) is 18.7 Å². The number of nitrogens with two attached hydrogens (primary N) is 1. The van der Waals surface area contributed by atoms with Gasteiger partial charge in [0.05, 0.1) is 17.2 Å². The first-order chi connectivity index (χ1) is 14.3. The fraction of sp³-hybridized carbons (Fsp3) is 0.286. The maximum absolute atomic E-state index is 13.0. The molecule has 9 heteroatoms. The SMILES string of the molecule is CC(C)n1c(=O)c2cccnc2n(Cc2ccc(CC3SC(N)=NC3=O)cc2)c1=O. The third-order valence-corrected chi connectivity index (χ3v) is 5.97. The average Bonchev–Trinajstić information content (AvgIpc) is 3.03. The van der Waals surface area contributed by atoms with Crippen molar-refractivity contribution in [2.24, 2.45) is 10.7 Å². The van der Waals surface area contributed by atoms with Gasteiger partial charge < -0.3 is 5.73 Å². The number of pyridine rings is 1. The zero-order chi connectivity index (χ0) is 21.4. The van der Waals surface area contributed by atoms with E-state index < -0.39 is 0 Å². The Morgan fingerprint density at radius 3 is 2.43 bits per heavy atom. The van der Waals surface area contributed by atoms with Crippen LogP contribution in [0.15, 0.2) is 57.2 Å². The number of aliphatic imine (C=N–C) groups is 1. The quantitative estimate of drug-likeness (QED) is 0.668. The molecule has 0 aliphatic carbocycles. The Labute approximate surface area is 176 Å². The lowest BCUT2D eigenvalue weighted by Crippen LogP contribution is -2.41. The fourth-order valence-corrected chi connectivity index (χ4v) is 4.39. The Kier molecular flexibility index (Phi) is 5.29. The minimum Gasteiger partial charge on any atom is -0.378 e. The number of carbonyl (C=O) groups is 1. The number of fused-ring (bicyclic) bond motifs is 1. The number of amides is 1. The smallest absolute Gasteiger partial charge is 0.333 e. The van der Waals surface area contributed by atoms with Crippen LogP contribution < -0.4 is 17.0 Å². The molecule has 1 aromatic carbocycles. The Bertz CT molecular complexity index is 1270. The Morgan fingerprint density at radius 2 is 1.80 bits per heavy atom. The van der Waals surface area contributed by atoms with E-state index in [0.29, 0.717) is 22.6 Å². The maximum atomic E-state index is 13.0. The molecule has 1 unspecified atom stereocenters. The molecule has 30 heavy (non-hydrogen) atoms. The van der Waals surface area contributed by atoms with Crippen molar-refractivity contribution >= 4 is 33.9 Å². The molecule has 0 radical (unpaired) electrons. The van der Waals surface area contributed by atoms with Gasteiger partial charge in [-0.2, -0.15) is 4.99 Å². The second-order valence-corrected chi connectivity index (χ2v) is 8.65. The second kappa shape index (κ2) is 7.91. The third kappa shape index (κ3) is 3.68. The first-order valence-electron chi connectivity index (χ1n) is 9.57. The molecule has 2 aromatic heterocycles. The Morgan fingerprint density at radius 1 is 1.10 bits per heavy atom. The molecule has 3 heterocycles. The summed E-state index contributed by atoms with van der Waals surface area (Å²) in [6.45, 7) is 3.90. The number of thioether (sulfide) groups is 1. The van der Waals surface area contributed by atoms with E-state index in [4.69, 9.17) is 5.73 Å². The molecule has 1 amide bonds. The number of amidine groups is 1. The van der Waals surface area contributed by atoms with Gasteiger partial charge in [0.2, 0.25) is 0 Å². The van der Waals surface area contributed by atoms with E-state index in [1.54, 1.807) is 18.3 Å². The molecule has 3 aromatic rings. The highest BCUT2D eigenvalue weighted by atomic mass is 32.2. The third-order valence-electron chi connectivity index (χ3n) is 4.99. The van der Waals surface area contributed by atoms with Crippen molar-refractivity contribution in [3.8, 4) is 0 Å². The summed E-state index contributed by atoms with van der Waals surface area (Å²) in [5.41, 5.74) is 7.14. The van der Waals surface area contributed by atoms with Crippen molar-refractivity contribution in [3.63, 3.8) is 0 Å². The topological polar surface area (TPSA) is 112 Å². The van der Waals surface area contributed by atoms with Crippen LogP contribution in [0.1, 0.15) is 31.0 Å². The van der Waals surface area contributed by atoms with Crippen LogP contribution in [0.2, 0.25) is 0 Å². The first-order valence-corrected chi connectivity index (χ1v) is 10.5. The summed E-state index contributed by atoms with van der Waals surface area (Å²) in [6.07, 6.45) is 2.11.